The molecule has 21 heavy (non-hydrogen) atoms. The number of fused-ring (bicyclic) bond motifs is 2. The highest BCUT2D eigenvalue weighted by Gasteiger charge is 2.43. The van der Waals surface area contributed by atoms with E-state index in [0.29, 0.717) is 5.57 Å². The number of allylic oxidation sites excluding steroid dienone is 6. The molecule has 0 aromatic carbocycles. The molecule has 2 fully saturated rings. The van der Waals surface area contributed by atoms with Crippen molar-refractivity contribution in [2.24, 2.45) is 0 Å². The summed E-state index contributed by atoms with van der Waals surface area (Å²) in [6.45, 7) is 0. The van der Waals surface area contributed by atoms with Gasteiger partial charge in [-0.1, -0.05) is 18.9 Å². The van der Waals surface area contributed by atoms with E-state index >= 15 is 0 Å². The maximum atomic E-state index is 12.6. The quantitative estimate of drug-likeness (QED) is 0.827. The van der Waals surface area contributed by atoms with Gasteiger partial charge >= 0.3 is 0 Å². The lowest BCUT2D eigenvalue weighted by molar-refractivity contribution is -0.131. The van der Waals surface area contributed by atoms with Crippen LogP contribution in [0.15, 0.2) is 46.1 Å². The minimum Gasteiger partial charge on any atom is -0.357 e. The second-order valence-electron chi connectivity index (χ2n) is 6.22. The lowest BCUT2D eigenvalue weighted by Crippen LogP contribution is -2.56. The van der Waals surface area contributed by atoms with Gasteiger partial charge in [-0.25, -0.2) is 0 Å². The number of hydrogen-bond donors (Lipinski definition) is 2. The minimum absolute atomic E-state index is 0.0767. The number of rotatable bonds is 3. The van der Waals surface area contributed by atoms with Gasteiger partial charge in [-0.05, 0) is 53.7 Å². The van der Waals surface area contributed by atoms with Gasteiger partial charge in [0, 0.05) is 12.6 Å². The Morgan fingerprint density at radius 2 is 1.90 bits per heavy atom. The average Bonchev–Trinajstić information content (AvgIpc) is 2.86. The molecule has 0 saturated heterocycles. The van der Waals surface area contributed by atoms with Crippen LogP contribution in [0.3, 0.4) is 0 Å². The van der Waals surface area contributed by atoms with E-state index < -0.39 is 5.54 Å². The molecule has 0 atom stereocenters. The van der Waals surface area contributed by atoms with Crippen LogP contribution in [0.1, 0.15) is 32.1 Å². The van der Waals surface area contributed by atoms with Gasteiger partial charge in [-0.2, -0.15) is 0 Å². The van der Waals surface area contributed by atoms with Gasteiger partial charge < -0.3 is 10.6 Å². The third kappa shape index (κ3) is 1.75. The van der Waals surface area contributed by atoms with Crippen molar-refractivity contribution < 1.29 is 9.59 Å². The first-order valence-corrected chi connectivity index (χ1v) is 7.56. The summed E-state index contributed by atoms with van der Waals surface area (Å²) in [5.74, 6) is -0.201. The fourth-order valence-electron chi connectivity index (χ4n) is 3.75. The van der Waals surface area contributed by atoms with Gasteiger partial charge in [0.1, 0.15) is 5.54 Å². The number of carbonyl (C=O) groups excluding carboxylic acids is 2. The molecule has 108 valence electrons. The predicted octanol–water partition coefficient (Wildman–Crippen LogP) is 1.67. The van der Waals surface area contributed by atoms with Gasteiger partial charge in [0.05, 0.1) is 0 Å². The van der Waals surface area contributed by atoms with Crippen molar-refractivity contribution in [3.05, 3.63) is 46.1 Å². The molecule has 0 spiro atoms. The van der Waals surface area contributed by atoms with Crippen LogP contribution >= 0.6 is 0 Å². The molecule has 4 heteroatoms. The van der Waals surface area contributed by atoms with E-state index in [-0.39, 0.29) is 11.8 Å². The maximum Gasteiger partial charge on any atom is 0.252 e. The monoisotopic (exact) mass is 282 g/mol. The third-order valence-electron chi connectivity index (χ3n) is 4.99. The number of hydrogen-bond acceptors (Lipinski definition) is 2. The zero-order valence-electron chi connectivity index (χ0n) is 12.1. The van der Waals surface area contributed by atoms with Gasteiger partial charge in [-0.15, -0.1) is 0 Å². The molecule has 2 N–H and O–H groups in total. The summed E-state index contributed by atoms with van der Waals surface area (Å²) in [4.78, 5) is 24.8. The highest BCUT2D eigenvalue weighted by Crippen LogP contribution is 2.51. The van der Waals surface area contributed by atoms with Crippen LogP contribution in [0, 0.1) is 0 Å². The van der Waals surface area contributed by atoms with Crippen molar-refractivity contribution >= 4 is 11.8 Å². The molecule has 2 saturated carbocycles. The van der Waals surface area contributed by atoms with Crippen molar-refractivity contribution in [3.63, 3.8) is 0 Å². The zero-order chi connectivity index (χ0) is 14.6. The Morgan fingerprint density at radius 1 is 1.14 bits per heavy atom. The van der Waals surface area contributed by atoms with Crippen LogP contribution in [-0.4, -0.2) is 24.4 Å². The second-order valence-corrected chi connectivity index (χ2v) is 6.22. The molecular weight excluding hydrogens is 264 g/mol. The summed E-state index contributed by atoms with van der Waals surface area (Å²) in [5.41, 5.74) is 4.96. The summed E-state index contributed by atoms with van der Waals surface area (Å²) >= 11 is 0. The number of nitrogens with one attached hydrogen (secondary N) is 2. The van der Waals surface area contributed by atoms with Crippen LogP contribution in [0.2, 0.25) is 0 Å². The van der Waals surface area contributed by atoms with Crippen molar-refractivity contribution in [1.82, 2.24) is 10.6 Å². The van der Waals surface area contributed by atoms with E-state index in [2.05, 4.69) is 16.7 Å². The predicted molar refractivity (Wildman–Crippen MR) is 79.3 cm³/mol. The van der Waals surface area contributed by atoms with E-state index in [1.807, 2.05) is 12.2 Å². The largest absolute Gasteiger partial charge is 0.357 e. The van der Waals surface area contributed by atoms with Gasteiger partial charge in [0.15, 0.2) is 0 Å². The molecule has 0 bridgehead atoms. The lowest BCUT2D eigenvalue weighted by Gasteiger charge is -2.28. The molecule has 4 nitrogen and oxygen atoms in total. The summed E-state index contributed by atoms with van der Waals surface area (Å²) in [5, 5.41) is 5.71. The van der Waals surface area contributed by atoms with Crippen LogP contribution in [0.5, 0.6) is 0 Å². The molecular formula is C17H18N2O2. The number of carbonyl (C=O) groups is 2. The van der Waals surface area contributed by atoms with Crippen LogP contribution in [0.25, 0.3) is 0 Å². The van der Waals surface area contributed by atoms with E-state index in [0.717, 1.165) is 37.7 Å². The van der Waals surface area contributed by atoms with Crippen LogP contribution < -0.4 is 10.6 Å². The molecule has 0 heterocycles. The Morgan fingerprint density at radius 3 is 2.62 bits per heavy atom. The average molecular weight is 282 g/mol. The van der Waals surface area contributed by atoms with Gasteiger partial charge in [0.25, 0.3) is 5.91 Å². The minimum atomic E-state index is -0.724. The Balaban J connectivity index is 1.61. The number of likely N-dealkylation sites (N-methyl/N-ethyl adjacent to an activating group) is 1. The molecule has 0 aliphatic heterocycles. The third-order valence-corrected chi connectivity index (χ3v) is 4.99. The van der Waals surface area contributed by atoms with Crippen molar-refractivity contribution in [2.45, 2.75) is 37.6 Å². The standard InChI is InChI=1S/C17H18N2O2/c1-18-16(21)17(6-2-3-7-17)19-15(20)12-5-4-11-13-8-10(13)9-14(11)12/h4-5,9H,2-3,6-8H2,1H3,(H,18,21)(H,19,20). The molecule has 0 aromatic rings. The normalized spacial score (nSPS) is 24.0. The Kier molecular flexibility index (Phi) is 2.52. The summed E-state index contributed by atoms with van der Waals surface area (Å²) < 4.78 is 0. The van der Waals surface area contributed by atoms with E-state index in [1.54, 1.807) is 7.05 Å². The van der Waals surface area contributed by atoms with Crippen LogP contribution in [-0.2, 0) is 9.59 Å². The molecule has 4 rings (SSSR count). The van der Waals surface area contributed by atoms with E-state index in [4.69, 9.17) is 0 Å². The molecule has 0 radical (unpaired) electrons. The first kappa shape index (κ1) is 12.6. The van der Waals surface area contributed by atoms with Crippen LogP contribution in [0.4, 0.5) is 0 Å². The molecule has 4 aliphatic carbocycles. The summed E-state index contributed by atoms with van der Waals surface area (Å²) in [6.07, 6.45) is 10.5. The Bertz CT molecular complexity index is 686. The molecule has 0 aromatic heterocycles. The van der Waals surface area contributed by atoms with Crippen molar-refractivity contribution in [2.75, 3.05) is 7.05 Å². The van der Waals surface area contributed by atoms with Crippen molar-refractivity contribution in [1.29, 1.82) is 0 Å². The first-order valence-electron chi connectivity index (χ1n) is 7.56. The SMILES string of the molecule is CNC(=O)C1(NC(=O)C2=C3C=C4CC4=C3C=C2)CCCC1. The molecule has 2 amide bonds. The topological polar surface area (TPSA) is 58.2 Å². The number of amides is 2. The first-order chi connectivity index (χ1) is 10.1. The Hall–Kier alpha value is -2.10. The summed E-state index contributed by atoms with van der Waals surface area (Å²) in [7, 11) is 1.63. The fraction of sp³-hybridized carbons (Fsp3) is 0.412. The maximum absolute atomic E-state index is 12.6. The smallest absolute Gasteiger partial charge is 0.252 e. The zero-order valence-corrected chi connectivity index (χ0v) is 12.1. The van der Waals surface area contributed by atoms with Gasteiger partial charge in [-0.3, -0.25) is 9.59 Å². The second kappa shape index (κ2) is 4.20. The highest BCUT2D eigenvalue weighted by molar-refractivity contribution is 6.04. The molecule has 0 unspecified atom stereocenters. The fourth-order valence-corrected chi connectivity index (χ4v) is 3.75. The Labute approximate surface area is 123 Å². The van der Waals surface area contributed by atoms with E-state index in [9.17, 15) is 9.59 Å². The van der Waals surface area contributed by atoms with E-state index in [1.165, 1.54) is 16.7 Å². The lowest BCUT2D eigenvalue weighted by atomic mass is 9.95. The van der Waals surface area contributed by atoms with Crippen molar-refractivity contribution in [3.8, 4) is 0 Å². The van der Waals surface area contributed by atoms with Gasteiger partial charge in [0.2, 0.25) is 5.91 Å². The highest BCUT2D eigenvalue weighted by atomic mass is 16.2. The molecule has 4 aliphatic rings. The summed E-state index contributed by atoms with van der Waals surface area (Å²) in [6, 6.07) is 0.